The summed E-state index contributed by atoms with van der Waals surface area (Å²) in [7, 11) is 3.78. The highest BCUT2D eigenvalue weighted by Crippen LogP contribution is 2.07. The first-order chi connectivity index (χ1) is 8.16. The lowest BCUT2D eigenvalue weighted by atomic mass is 10.1. The van der Waals surface area contributed by atoms with Crippen LogP contribution in [0, 0.1) is 0 Å². The fourth-order valence-corrected chi connectivity index (χ4v) is 1.40. The Morgan fingerprint density at radius 1 is 1.29 bits per heavy atom. The molecule has 1 aromatic carbocycles. The Morgan fingerprint density at radius 3 is 2.65 bits per heavy atom. The molecule has 88 valence electrons. The molecule has 0 radical (unpaired) electrons. The van der Waals surface area contributed by atoms with E-state index in [0.29, 0.717) is 18.0 Å². The molecule has 0 saturated heterocycles. The van der Waals surface area contributed by atoms with Gasteiger partial charge in [-0.05, 0) is 14.1 Å². The highest BCUT2D eigenvalue weighted by molar-refractivity contribution is 6.06. The van der Waals surface area contributed by atoms with Gasteiger partial charge in [-0.15, -0.1) is 0 Å². The van der Waals surface area contributed by atoms with Gasteiger partial charge in [0, 0.05) is 5.56 Å². The van der Waals surface area contributed by atoms with Crippen molar-refractivity contribution in [3.05, 3.63) is 47.6 Å². The summed E-state index contributed by atoms with van der Waals surface area (Å²) in [5.74, 6) is 0.321. The number of benzene rings is 1. The molecule has 2 rings (SSSR count). The Labute approximate surface area is 99.1 Å². The van der Waals surface area contributed by atoms with Crippen molar-refractivity contribution in [1.82, 2.24) is 15.0 Å². The van der Waals surface area contributed by atoms with Crippen molar-refractivity contribution in [1.29, 1.82) is 0 Å². The molecule has 1 heterocycles. The molecule has 1 aromatic heterocycles. The first-order valence-corrected chi connectivity index (χ1v) is 5.24. The van der Waals surface area contributed by atoms with Crippen molar-refractivity contribution >= 4 is 5.78 Å². The van der Waals surface area contributed by atoms with Crippen LogP contribution in [0.4, 0.5) is 0 Å². The zero-order valence-corrected chi connectivity index (χ0v) is 9.75. The molecule has 0 amide bonds. The van der Waals surface area contributed by atoms with Crippen LogP contribution < -0.4 is 0 Å². The largest absolute Gasteiger partial charge is 0.337 e. The summed E-state index contributed by atoms with van der Waals surface area (Å²) < 4.78 is 4.99. The number of rotatable bonds is 4. The molecule has 0 saturated carbocycles. The lowest BCUT2D eigenvalue weighted by molar-refractivity contribution is 0.102. The summed E-state index contributed by atoms with van der Waals surface area (Å²) in [4.78, 5) is 17.9. The van der Waals surface area contributed by atoms with Gasteiger partial charge in [0.2, 0.25) is 17.5 Å². The summed E-state index contributed by atoms with van der Waals surface area (Å²) in [6, 6.07) is 8.90. The number of ketones is 1. The molecular formula is C12H13N3O2. The first kappa shape index (κ1) is 11.5. The van der Waals surface area contributed by atoms with Gasteiger partial charge in [-0.2, -0.15) is 4.98 Å². The maximum absolute atomic E-state index is 11.9. The summed E-state index contributed by atoms with van der Waals surface area (Å²) >= 11 is 0. The molecule has 0 N–H and O–H groups in total. The predicted octanol–water partition coefficient (Wildman–Crippen LogP) is 1.36. The van der Waals surface area contributed by atoms with E-state index >= 15 is 0 Å². The molecule has 0 aliphatic heterocycles. The van der Waals surface area contributed by atoms with Crippen molar-refractivity contribution in [2.24, 2.45) is 0 Å². The smallest absolute Gasteiger partial charge is 0.243 e. The molecule has 0 fully saturated rings. The first-order valence-electron chi connectivity index (χ1n) is 5.24. The van der Waals surface area contributed by atoms with E-state index in [-0.39, 0.29) is 11.6 Å². The maximum atomic E-state index is 11.9. The summed E-state index contributed by atoms with van der Waals surface area (Å²) in [5, 5.41) is 3.68. The van der Waals surface area contributed by atoms with E-state index in [1.54, 1.807) is 24.3 Å². The van der Waals surface area contributed by atoms with Crippen LogP contribution in [-0.2, 0) is 6.54 Å². The number of nitrogens with zero attached hydrogens (tertiary/aromatic N) is 3. The van der Waals surface area contributed by atoms with Crippen molar-refractivity contribution in [2.75, 3.05) is 14.1 Å². The Bertz CT molecular complexity index is 505. The summed E-state index contributed by atoms with van der Waals surface area (Å²) in [6.45, 7) is 0.523. The van der Waals surface area contributed by atoms with Gasteiger partial charge in [-0.25, -0.2) is 0 Å². The van der Waals surface area contributed by atoms with Gasteiger partial charge in [-0.1, -0.05) is 35.5 Å². The number of hydrogen-bond acceptors (Lipinski definition) is 5. The molecule has 5 nitrogen and oxygen atoms in total. The fraction of sp³-hybridized carbons (Fsp3) is 0.250. The van der Waals surface area contributed by atoms with Crippen LogP contribution in [0.5, 0.6) is 0 Å². The van der Waals surface area contributed by atoms with Gasteiger partial charge in [0.05, 0.1) is 6.54 Å². The van der Waals surface area contributed by atoms with Crippen LogP contribution in [0.2, 0.25) is 0 Å². The van der Waals surface area contributed by atoms with E-state index in [9.17, 15) is 4.79 Å². The molecule has 0 spiro atoms. The minimum absolute atomic E-state index is 0.105. The third-order valence-electron chi connectivity index (χ3n) is 2.16. The van der Waals surface area contributed by atoms with Crippen LogP contribution in [0.25, 0.3) is 0 Å². The second kappa shape index (κ2) is 4.88. The van der Waals surface area contributed by atoms with Crippen LogP contribution in [0.1, 0.15) is 22.1 Å². The molecular weight excluding hydrogens is 218 g/mol. The average Bonchev–Trinajstić information content (AvgIpc) is 2.77. The minimum Gasteiger partial charge on any atom is -0.337 e. The fourth-order valence-electron chi connectivity index (χ4n) is 1.40. The standard InChI is InChI=1S/C12H13N3O2/c1-15(2)8-10-13-12(14-17-10)11(16)9-6-4-3-5-7-9/h3-7H,8H2,1-2H3. The monoisotopic (exact) mass is 231 g/mol. The van der Waals surface area contributed by atoms with Crippen LogP contribution in [-0.4, -0.2) is 34.9 Å². The van der Waals surface area contributed by atoms with Gasteiger partial charge in [0.25, 0.3) is 0 Å². The Kier molecular flexibility index (Phi) is 3.30. The molecule has 0 bridgehead atoms. The van der Waals surface area contributed by atoms with Crippen molar-refractivity contribution in [3.63, 3.8) is 0 Å². The highest BCUT2D eigenvalue weighted by atomic mass is 16.5. The molecule has 0 atom stereocenters. The van der Waals surface area contributed by atoms with E-state index in [4.69, 9.17) is 4.52 Å². The van der Waals surface area contributed by atoms with Gasteiger partial charge in [0.1, 0.15) is 0 Å². The predicted molar refractivity (Wildman–Crippen MR) is 61.6 cm³/mol. The second-order valence-electron chi connectivity index (χ2n) is 3.94. The minimum atomic E-state index is -0.223. The third kappa shape index (κ3) is 2.76. The lowest BCUT2D eigenvalue weighted by Crippen LogP contribution is -2.11. The van der Waals surface area contributed by atoms with E-state index in [0.717, 1.165) is 0 Å². The van der Waals surface area contributed by atoms with Crippen molar-refractivity contribution in [2.45, 2.75) is 6.54 Å². The van der Waals surface area contributed by atoms with Gasteiger partial charge in [-0.3, -0.25) is 4.79 Å². The number of hydrogen-bond donors (Lipinski definition) is 0. The Morgan fingerprint density at radius 2 is 2.00 bits per heavy atom. The van der Waals surface area contributed by atoms with Crippen LogP contribution >= 0.6 is 0 Å². The average molecular weight is 231 g/mol. The molecule has 2 aromatic rings. The molecule has 5 heteroatoms. The number of carbonyl (C=O) groups excluding carboxylic acids is 1. The van der Waals surface area contributed by atoms with Gasteiger partial charge < -0.3 is 9.42 Å². The summed E-state index contributed by atoms with van der Waals surface area (Å²) in [6.07, 6.45) is 0. The van der Waals surface area contributed by atoms with Crippen molar-refractivity contribution in [3.8, 4) is 0 Å². The third-order valence-corrected chi connectivity index (χ3v) is 2.16. The Hall–Kier alpha value is -2.01. The second-order valence-corrected chi connectivity index (χ2v) is 3.94. The molecule has 0 unspecified atom stereocenters. The van der Waals surface area contributed by atoms with E-state index in [1.165, 1.54) is 0 Å². The van der Waals surface area contributed by atoms with Gasteiger partial charge in [0.15, 0.2) is 0 Å². The molecule has 0 aliphatic carbocycles. The van der Waals surface area contributed by atoms with Crippen LogP contribution in [0.15, 0.2) is 34.9 Å². The quantitative estimate of drug-likeness (QED) is 0.743. The summed E-state index contributed by atoms with van der Waals surface area (Å²) in [5.41, 5.74) is 0.560. The van der Waals surface area contributed by atoms with E-state index in [1.807, 2.05) is 25.1 Å². The normalized spacial score (nSPS) is 10.8. The topological polar surface area (TPSA) is 59.2 Å². The van der Waals surface area contributed by atoms with Crippen molar-refractivity contribution < 1.29 is 9.32 Å². The lowest BCUT2D eigenvalue weighted by Gasteiger charge is -2.02. The zero-order valence-electron chi connectivity index (χ0n) is 9.75. The number of carbonyl (C=O) groups is 1. The number of aromatic nitrogens is 2. The Balaban J connectivity index is 2.18. The van der Waals surface area contributed by atoms with E-state index in [2.05, 4.69) is 10.1 Å². The van der Waals surface area contributed by atoms with Crippen LogP contribution in [0.3, 0.4) is 0 Å². The molecule has 0 aliphatic rings. The van der Waals surface area contributed by atoms with E-state index < -0.39 is 0 Å². The molecule has 17 heavy (non-hydrogen) atoms. The SMILES string of the molecule is CN(C)Cc1nc(C(=O)c2ccccc2)no1. The maximum Gasteiger partial charge on any atom is 0.243 e. The zero-order chi connectivity index (χ0) is 12.3. The van der Waals surface area contributed by atoms with Gasteiger partial charge >= 0.3 is 0 Å². The highest BCUT2D eigenvalue weighted by Gasteiger charge is 2.16.